The van der Waals surface area contributed by atoms with E-state index in [0.29, 0.717) is 6.07 Å². The van der Waals surface area contributed by atoms with Crippen molar-refractivity contribution in [2.75, 3.05) is 5.43 Å². The van der Waals surface area contributed by atoms with E-state index in [1.54, 1.807) is 0 Å². The molecule has 3 N–H and O–H groups in total. The zero-order valence-corrected chi connectivity index (χ0v) is 10.6. The number of carboxylic acids is 1. The Balaban J connectivity index is 3.19. The number of anilines is 1. The lowest BCUT2D eigenvalue weighted by atomic mass is 10.2. The highest BCUT2D eigenvalue weighted by atomic mass is 16.6. The van der Waals surface area contributed by atoms with Crippen LogP contribution in [0.4, 0.5) is 17.1 Å². The van der Waals surface area contributed by atoms with Crippen LogP contribution in [0.3, 0.4) is 0 Å². The number of benzene rings is 1. The Labute approximate surface area is 116 Å². The largest absolute Gasteiger partial charge is 0.477 e. The van der Waals surface area contributed by atoms with Crippen molar-refractivity contribution in [1.82, 2.24) is 0 Å². The second-order valence-electron chi connectivity index (χ2n) is 3.81. The molecule has 0 radical (unpaired) electrons. The number of hydrazone groups is 1. The first-order valence-corrected chi connectivity index (χ1v) is 5.41. The van der Waals surface area contributed by atoms with Crippen LogP contribution in [0, 0.1) is 20.2 Å². The van der Waals surface area contributed by atoms with Crippen LogP contribution in [-0.4, -0.2) is 37.8 Å². The smallest absolute Gasteiger partial charge is 0.354 e. The van der Waals surface area contributed by atoms with Crippen LogP contribution in [0.15, 0.2) is 23.3 Å². The summed E-state index contributed by atoms with van der Waals surface area (Å²) in [7, 11) is 0. The fourth-order valence-electron chi connectivity index (χ4n) is 1.32. The van der Waals surface area contributed by atoms with Gasteiger partial charge < -0.3 is 10.2 Å². The van der Waals surface area contributed by atoms with Gasteiger partial charge in [0.25, 0.3) is 5.69 Å². The van der Waals surface area contributed by atoms with Crippen molar-refractivity contribution in [2.24, 2.45) is 5.10 Å². The number of hydrogen-bond donors (Lipinski definition) is 3. The summed E-state index contributed by atoms with van der Waals surface area (Å²) in [5, 5.41) is 42.7. The Morgan fingerprint density at radius 2 is 1.95 bits per heavy atom. The lowest BCUT2D eigenvalue weighted by molar-refractivity contribution is -0.393. The van der Waals surface area contributed by atoms with Crippen LogP contribution < -0.4 is 5.43 Å². The molecule has 21 heavy (non-hydrogen) atoms. The SMILES string of the molecule is C[C@H](O)C(=NNc1ccc([N+](=O)[O-])cc1[N+](=O)[O-])C(=O)O. The van der Waals surface area contributed by atoms with Crippen molar-refractivity contribution < 1.29 is 24.9 Å². The molecular weight excluding hydrogens is 288 g/mol. The average molecular weight is 298 g/mol. The number of hydrogen-bond acceptors (Lipinski definition) is 8. The van der Waals surface area contributed by atoms with Gasteiger partial charge in [0.2, 0.25) is 0 Å². The van der Waals surface area contributed by atoms with Crippen LogP contribution in [0.25, 0.3) is 0 Å². The Morgan fingerprint density at radius 1 is 1.33 bits per heavy atom. The maximum atomic E-state index is 10.8. The van der Waals surface area contributed by atoms with Gasteiger partial charge in [0.1, 0.15) is 11.8 Å². The summed E-state index contributed by atoms with van der Waals surface area (Å²) in [6, 6.07) is 2.72. The number of rotatable bonds is 6. The number of carboxylic acid groups (broad SMARTS) is 1. The van der Waals surface area contributed by atoms with E-state index in [0.717, 1.165) is 19.1 Å². The topological polar surface area (TPSA) is 168 Å². The summed E-state index contributed by atoms with van der Waals surface area (Å²) < 4.78 is 0. The fraction of sp³-hybridized carbons (Fsp3) is 0.200. The zero-order valence-electron chi connectivity index (χ0n) is 10.6. The quantitative estimate of drug-likeness (QED) is 0.392. The molecule has 11 heteroatoms. The van der Waals surface area contributed by atoms with E-state index in [4.69, 9.17) is 5.11 Å². The molecule has 0 bridgehead atoms. The zero-order chi connectivity index (χ0) is 16.2. The molecule has 1 rings (SSSR count). The van der Waals surface area contributed by atoms with E-state index in [1.807, 2.05) is 0 Å². The van der Waals surface area contributed by atoms with Gasteiger partial charge in [0.15, 0.2) is 5.71 Å². The fourth-order valence-corrected chi connectivity index (χ4v) is 1.32. The molecule has 0 aromatic heterocycles. The number of aliphatic carboxylic acids is 1. The van der Waals surface area contributed by atoms with E-state index >= 15 is 0 Å². The molecule has 1 atom stereocenters. The van der Waals surface area contributed by atoms with E-state index in [9.17, 15) is 30.1 Å². The van der Waals surface area contributed by atoms with Gasteiger partial charge in [-0.05, 0) is 13.0 Å². The summed E-state index contributed by atoms with van der Waals surface area (Å²) in [5.74, 6) is -1.51. The highest BCUT2D eigenvalue weighted by Crippen LogP contribution is 2.28. The highest BCUT2D eigenvalue weighted by molar-refractivity contribution is 6.37. The van der Waals surface area contributed by atoms with Crippen LogP contribution in [0.2, 0.25) is 0 Å². The lowest BCUT2D eigenvalue weighted by Crippen LogP contribution is -2.26. The van der Waals surface area contributed by atoms with Crippen LogP contribution in [-0.2, 0) is 4.79 Å². The number of nitro groups is 2. The molecule has 0 saturated carbocycles. The number of nitrogens with one attached hydrogen (secondary N) is 1. The standard InChI is InChI=1S/C10H10N4O7/c1-5(15)9(10(16)17)12-11-7-3-2-6(13(18)19)4-8(7)14(20)21/h2-5,11,15H,1H3,(H,16,17)/t5-/m0/s1. The summed E-state index contributed by atoms with van der Waals surface area (Å²) in [6.07, 6.45) is -1.41. The summed E-state index contributed by atoms with van der Waals surface area (Å²) >= 11 is 0. The Hall–Kier alpha value is -3.08. The minimum atomic E-state index is -1.51. The van der Waals surface area contributed by atoms with Gasteiger partial charge in [0, 0.05) is 6.07 Å². The number of carbonyl (C=O) groups is 1. The minimum Gasteiger partial charge on any atom is -0.477 e. The first kappa shape index (κ1) is 16.0. The monoisotopic (exact) mass is 298 g/mol. The molecule has 1 aromatic rings. The molecule has 0 aliphatic rings. The third-order valence-electron chi connectivity index (χ3n) is 2.30. The summed E-state index contributed by atoms with van der Waals surface area (Å²) in [4.78, 5) is 30.5. The second-order valence-corrected chi connectivity index (χ2v) is 3.81. The maximum Gasteiger partial charge on any atom is 0.354 e. The van der Waals surface area contributed by atoms with Crippen molar-refractivity contribution >= 4 is 28.7 Å². The normalized spacial score (nSPS) is 12.6. The van der Waals surface area contributed by atoms with Crippen molar-refractivity contribution in [3.63, 3.8) is 0 Å². The van der Waals surface area contributed by atoms with Crippen LogP contribution >= 0.6 is 0 Å². The number of nitro benzene ring substituents is 2. The van der Waals surface area contributed by atoms with Crippen molar-refractivity contribution in [1.29, 1.82) is 0 Å². The van der Waals surface area contributed by atoms with Crippen molar-refractivity contribution in [2.45, 2.75) is 13.0 Å². The molecule has 0 saturated heterocycles. The molecule has 0 unspecified atom stereocenters. The third kappa shape index (κ3) is 3.94. The minimum absolute atomic E-state index is 0.245. The average Bonchev–Trinajstić information content (AvgIpc) is 2.37. The molecule has 0 aliphatic carbocycles. The van der Waals surface area contributed by atoms with E-state index < -0.39 is 39.0 Å². The Kier molecular flexibility index (Phi) is 4.86. The van der Waals surface area contributed by atoms with Crippen molar-refractivity contribution in [3.8, 4) is 0 Å². The molecule has 0 fully saturated rings. The van der Waals surface area contributed by atoms with Crippen LogP contribution in [0.5, 0.6) is 0 Å². The summed E-state index contributed by atoms with van der Waals surface area (Å²) in [6.45, 7) is 1.15. The van der Waals surface area contributed by atoms with Gasteiger partial charge in [-0.3, -0.25) is 25.7 Å². The number of aliphatic hydroxyl groups excluding tert-OH is 1. The second kappa shape index (κ2) is 6.38. The first-order valence-electron chi connectivity index (χ1n) is 5.41. The van der Waals surface area contributed by atoms with Gasteiger partial charge in [0.05, 0.1) is 15.9 Å². The summed E-state index contributed by atoms with van der Waals surface area (Å²) in [5.41, 5.74) is 0.0519. The lowest BCUT2D eigenvalue weighted by Gasteiger charge is -2.06. The number of non-ortho nitro benzene ring substituents is 1. The molecule has 0 amide bonds. The Bertz CT molecular complexity index is 626. The molecule has 0 aliphatic heterocycles. The van der Waals surface area contributed by atoms with Gasteiger partial charge in [-0.15, -0.1) is 0 Å². The molecule has 0 spiro atoms. The first-order chi connectivity index (χ1) is 9.73. The van der Waals surface area contributed by atoms with Gasteiger partial charge in [-0.2, -0.15) is 5.10 Å². The van der Waals surface area contributed by atoms with Crippen molar-refractivity contribution in [3.05, 3.63) is 38.4 Å². The van der Waals surface area contributed by atoms with Gasteiger partial charge in [-0.25, -0.2) is 4.79 Å². The van der Waals surface area contributed by atoms with Gasteiger partial charge >= 0.3 is 11.7 Å². The molecule has 1 aromatic carbocycles. The van der Waals surface area contributed by atoms with Crippen LogP contribution in [0.1, 0.15) is 6.92 Å². The Morgan fingerprint density at radius 3 is 2.38 bits per heavy atom. The molecule has 11 nitrogen and oxygen atoms in total. The maximum absolute atomic E-state index is 10.8. The number of aliphatic hydroxyl groups is 1. The molecular formula is C10H10N4O7. The third-order valence-corrected chi connectivity index (χ3v) is 2.30. The predicted octanol–water partition coefficient (Wildman–Crippen LogP) is 0.736. The number of nitrogens with zero attached hydrogens (tertiary/aromatic N) is 3. The molecule has 0 heterocycles. The van der Waals surface area contributed by atoms with E-state index in [1.165, 1.54) is 0 Å². The van der Waals surface area contributed by atoms with E-state index in [-0.39, 0.29) is 5.69 Å². The molecule has 112 valence electrons. The predicted molar refractivity (Wildman–Crippen MR) is 70.1 cm³/mol. The van der Waals surface area contributed by atoms with Gasteiger partial charge in [-0.1, -0.05) is 0 Å². The highest BCUT2D eigenvalue weighted by Gasteiger charge is 2.21. The van der Waals surface area contributed by atoms with E-state index in [2.05, 4.69) is 10.5 Å².